The lowest BCUT2D eigenvalue weighted by Gasteiger charge is -2.06. The van der Waals surface area contributed by atoms with Crippen molar-refractivity contribution in [2.45, 2.75) is 0 Å². The van der Waals surface area contributed by atoms with E-state index in [9.17, 15) is 0 Å². The standard InChI is InChI=1S/C8H8N3P3/c1-9-7-3-2-6-5-10-11(14(12)13)8(6)4-7/h2-5H,12-13H2. The van der Waals surface area contributed by atoms with Crippen LogP contribution in [0.1, 0.15) is 0 Å². The topological polar surface area (TPSA) is 22.2 Å². The zero-order valence-corrected chi connectivity index (χ0v) is 10.5. The van der Waals surface area contributed by atoms with E-state index in [0.717, 1.165) is 10.9 Å². The third kappa shape index (κ3) is 1.67. The highest BCUT2D eigenvalue weighted by atomic mass is 32.4. The van der Waals surface area contributed by atoms with Crippen molar-refractivity contribution in [3.05, 3.63) is 35.8 Å². The van der Waals surface area contributed by atoms with E-state index in [1.807, 2.05) is 28.8 Å². The minimum atomic E-state index is -0.440. The van der Waals surface area contributed by atoms with Gasteiger partial charge in [0.05, 0.1) is 25.7 Å². The van der Waals surface area contributed by atoms with Crippen molar-refractivity contribution in [3.8, 4) is 0 Å². The first kappa shape index (κ1) is 10.0. The SMILES string of the molecule is [C-]#[N+]c1ccc2cnn(P(P)P)c2c1. The number of nitrogens with zero attached hydrogens (tertiary/aromatic N) is 3. The van der Waals surface area contributed by atoms with Gasteiger partial charge in [-0.1, -0.05) is 30.0 Å². The lowest BCUT2D eigenvalue weighted by molar-refractivity contribution is 1.04. The predicted octanol–water partition coefficient (Wildman–Crippen LogP) is 3.41. The minimum absolute atomic E-state index is 0.440. The molecule has 2 unspecified atom stereocenters. The summed E-state index contributed by atoms with van der Waals surface area (Å²) in [6.07, 6.45) is 1.83. The van der Waals surface area contributed by atoms with Gasteiger partial charge < -0.3 is 0 Å². The van der Waals surface area contributed by atoms with Crippen LogP contribution in [0.4, 0.5) is 5.69 Å². The number of benzene rings is 1. The van der Waals surface area contributed by atoms with E-state index in [-0.39, 0.29) is 0 Å². The van der Waals surface area contributed by atoms with Gasteiger partial charge in [0.2, 0.25) is 0 Å². The van der Waals surface area contributed by atoms with Gasteiger partial charge >= 0.3 is 0 Å². The van der Waals surface area contributed by atoms with Crippen molar-refractivity contribution in [3.63, 3.8) is 0 Å². The molecule has 2 aromatic rings. The Bertz CT molecular complexity index is 512. The molecule has 1 aromatic heterocycles. The molecule has 1 aromatic carbocycles. The Labute approximate surface area is 87.7 Å². The van der Waals surface area contributed by atoms with Gasteiger partial charge in [0.1, 0.15) is 0 Å². The molecule has 0 aliphatic heterocycles. The van der Waals surface area contributed by atoms with Crippen LogP contribution in [-0.4, -0.2) is 9.55 Å². The van der Waals surface area contributed by atoms with Gasteiger partial charge in [-0.3, -0.25) is 0 Å². The van der Waals surface area contributed by atoms with Crippen LogP contribution in [0.3, 0.4) is 0 Å². The lowest BCUT2D eigenvalue weighted by Crippen LogP contribution is -1.84. The van der Waals surface area contributed by atoms with Crippen molar-refractivity contribution in [2.24, 2.45) is 0 Å². The first-order chi connectivity index (χ1) is 6.72. The van der Waals surface area contributed by atoms with Gasteiger partial charge in [0.25, 0.3) is 0 Å². The Balaban J connectivity index is 2.71. The van der Waals surface area contributed by atoms with Crippen LogP contribution in [0, 0.1) is 6.57 Å². The van der Waals surface area contributed by atoms with E-state index in [2.05, 4.69) is 27.8 Å². The van der Waals surface area contributed by atoms with Gasteiger partial charge in [-0.25, -0.2) is 9.30 Å². The zero-order chi connectivity index (χ0) is 10.1. The fraction of sp³-hybridized carbons (Fsp3) is 0. The van der Waals surface area contributed by atoms with Crippen molar-refractivity contribution < 1.29 is 0 Å². The molecule has 0 fully saturated rings. The summed E-state index contributed by atoms with van der Waals surface area (Å²) in [4.78, 5) is 3.40. The van der Waals surface area contributed by atoms with E-state index in [0.29, 0.717) is 5.69 Å². The number of rotatable bonds is 1. The van der Waals surface area contributed by atoms with E-state index >= 15 is 0 Å². The summed E-state index contributed by atoms with van der Waals surface area (Å²) < 4.78 is 1.93. The highest BCUT2D eigenvalue weighted by molar-refractivity contribution is 8.42. The monoisotopic (exact) mass is 239 g/mol. The molecule has 0 saturated carbocycles. The molecule has 0 saturated heterocycles. The average molecular weight is 239 g/mol. The molecule has 6 heteroatoms. The molecule has 0 aliphatic rings. The quantitative estimate of drug-likeness (QED) is 0.552. The Hall–Kier alpha value is -0.530. The van der Waals surface area contributed by atoms with Gasteiger partial charge in [-0.05, 0) is 6.07 Å². The molecule has 14 heavy (non-hydrogen) atoms. The largest absolute Gasteiger partial charge is 0.238 e. The fourth-order valence-corrected chi connectivity index (χ4v) is 2.94. The van der Waals surface area contributed by atoms with Crippen molar-refractivity contribution in [2.75, 3.05) is 0 Å². The second kappa shape index (κ2) is 3.92. The van der Waals surface area contributed by atoms with E-state index in [4.69, 9.17) is 6.57 Å². The first-order valence-electron chi connectivity index (χ1n) is 3.87. The molecule has 0 radical (unpaired) electrons. The molecule has 2 atom stereocenters. The maximum Gasteiger partial charge on any atom is 0.189 e. The van der Waals surface area contributed by atoms with E-state index in [1.54, 1.807) is 0 Å². The molecule has 0 spiro atoms. The summed E-state index contributed by atoms with van der Waals surface area (Å²) in [5.74, 6) is 0. The smallest absolute Gasteiger partial charge is 0.189 e. The average Bonchev–Trinajstić information content (AvgIpc) is 2.59. The molecule has 0 bridgehead atoms. The van der Waals surface area contributed by atoms with Crippen LogP contribution in [0.5, 0.6) is 0 Å². The van der Waals surface area contributed by atoms with Crippen molar-refractivity contribution in [1.82, 2.24) is 9.55 Å². The van der Waals surface area contributed by atoms with Crippen LogP contribution in [-0.2, 0) is 0 Å². The van der Waals surface area contributed by atoms with Gasteiger partial charge in [-0.2, -0.15) is 5.10 Å². The molecule has 3 nitrogen and oxygen atoms in total. The fourth-order valence-electron chi connectivity index (χ4n) is 1.25. The summed E-state index contributed by atoms with van der Waals surface area (Å²) in [7, 11) is 5.00. The van der Waals surface area contributed by atoms with Gasteiger partial charge in [-0.15, -0.1) is 0 Å². The van der Waals surface area contributed by atoms with Crippen molar-refractivity contribution in [1.29, 1.82) is 0 Å². The Morgan fingerprint density at radius 2 is 2.21 bits per heavy atom. The van der Waals surface area contributed by atoms with E-state index in [1.165, 1.54) is 0 Å². The second-order valence-corrected chi connectivity index (χ2v) is 8.87. The zero-order valence-electron chi connectivity index (χ0n) is 7.25. The lowest BCUT2D eigenvalue weighted by atomic mass is 10.2. The highest BCUT2D eigenvalue weighted by Gasteiger charge is 2.05. The normalized spacial score (nSPS) is 10.7. The minimum Gasteiger partial charge on any atom is -0.238 e. The first-order valence-corrected chi connectivity index (χ1v) is 8.40. The summed E-state index contributed by atoms with van der Waals surface area (Å²) in [5.41, 5.74) is 1.68. The summed E-state index contributed by atoms with van der Waals surface area (Å²) in [6, 6.07) is 5.62. The maximum absolute atomic E-state index is 6.94. The van der Waals surface area contributed by atoms with Crippen molar-refractivity contribution >= 4 is 41.9 Å². The molecule has 0 aliphatic carbocycles. The number of hydrogen-bond acceptors (Lipinski definition) is 1. The van der Waals surface area contributed by atoms with Crippen LogP contribution in [0.25, 0.3) is 15.7 Å². The maximum atomic E-state index is 6.94. The summed E-state index contributed by atoms with van der Waals surface area (Å²) >= 11 is 0. The number of hydrogen-bond donors (Lipinski definition) is 0. The highest BCUT2D eigenvalue weighted by Crippen LogP contribution is 2.54. The molecular formula is C8H8N3P3. The molecule has 70 valence electrons. The molecule has 1 heterocycles. The Morgan fingerprint density at radius 3 is 2.86 bits per heavy atom. The van der Waals surface area contributed by atoms with Crippen LogP contribution < -0.4 is 0 Å². The Morgan fingerprint density at radius 1 is 1.43 bits per heavy atom. The van der Waals surface area contributed by atoms with Crippen LogP contribution in [0.2, 0.25) is 0 Å². The predicted molar refractivity (Wildman–Crippen MR) is 67.7 cm³/mol. The summed E-state index contributed by atoms with van der Waals surface area (Å²) in [5, 5.41) is 5.35. The molecular weight excluding hydrogens is 231 g/mol. The molecule has 0 N–H and O–H groups in total. The van der Waals surface area contributed by atoms with E-state index < -0.39 is 7.45 Å². The molecule has 0 amide bonds. The van der Waals surface area contributed by atoms with Gasteiger partial charge in [0, 0.05) is 5.39 Å². The van der Waals surface area contributed by atoms with Gasteiger partial charge in [0.15, 0.2) is 5.69 Å². The van der Waals surface area contributed by atoms with Crippen LogP contribution in [0.15, 0.2) is 24.4 Å². The summed E-state index contributed by atoms with van der Waals surface area (Å²) in [6.45, 7) is 6.94. The third-order valence-corrected chi connectivity index (χ3v) is 3.95. The third-order valence-electron chi connectivity index (χ3n) is 1.88. The molecule has 2 rings (SSSR count). The van der Waals surface area contributed by atoms with Crippen LogP contribution >= 0.6 is 25.3 Å². The number of fused-ring (bicyclic) bond motifs is 1. The number of aromatic nitrogens is 2. The second-order valence-electron chi connectivity index (χ2n) is 2.77. The Kier molecular flexibility index (Phi) is 2.80.